The molecule has 4 aromatic rings. The average molecular weight is 650 g/mol. The van der Waals surface area contributed by atoms with Crippen LogP contribution in [-0.2, 0) is 28.1 Å². The first-order valence-electron chi connectivity index (χ1n) is 15.6. The summed E-state index contributed by atoms with van der Waals surface area (Å²) in [5.74, 6) is 0.745. The lowest BCUT2D eigenvalue weighted by Gasteiger charge is -2.39. The number of ether oxygens (including phenoxy) is 3. The molecule has 1 aliphatic heterocycles. The van der Waals surface area contributed by atoms with Crippen molar-refractivity contribution in [2.75, 3.05) is 33.4 Å². The Balaban J connectivity index is 1.31. The maximum absolute atomic E-state index is 14.9. The van der Waals surface area contributed by atoms with E-state index in [0.29, 0.717) is 48.4 Å². The number of rotatable bonds is 12. The van der Waals surface area contributed by atoms with Gasteiger partial charge in [-0.15, -0.1) is 0 Å². The number of carbonyl (C=O) groups is 1. The minimum atomic E-state index is -4.97. The highest BCUT2D eigenvalue weighted by Gasteiger charge is 2.57. The Kier molecular flexibility index (Phi) is 10.4. The number of halogens is 3. The monoisotopic (exact) mass is 649 g/mol. The van der Waals surface area contributed by atoms with Gasteiger partial charge in [-0.2, -0.15) is 18.4 Å². The van der Waals surface area contributed by atoms with Crippen molar-refractivity contribution in [2.24, 2.45) is 0 Å². The zero-order chi connectivity index (χ0) is 33.6. The van der Waals surface area contributed by atoms with E-state index < -0.39 is 18.3 Å². The third-order valence-electron chi connectivity index (χ3n) is 8.55. The number of piperidine rings is 1. The highest BCUT2D eigenvalue weighted by molar-refractivity contribution is 5.86. The predicted molar refractivity (Wildman–Crippen MR) is 170 cm³/mol. The largest absolute Gasteiger partial charge is 0.493 e. The van der Waals surface area contributed by atoms with Crippen LogP contribution in [0, 0.1) is 11.3 Å². The molecule has 5 rings (SSSR count). The fourth-order valence-corrected chi connectivity index (χ4v) is 6.06. The van der Waals surface area contributed by atoms with E-state index >= 15 is 0 Å². The fraction of sp³-hybridized carbons (Fsp3) is 0.389. The number of benzene rings is 3. The van der Waals surface area contributed by atoms with Gasteiger partial charge in [-0.1, -0.05) is 42.5 Å². The van der Waals surface area contributed by atoms with E-state index in [1.807, 2.05) is 36.4 Å². The fourth-order valence-electron chi connectivity index (χ4n) is 6.06. The maximum Gasteiger partial charge on any atom is 0.422 e. The molecular formula is C36H38F3N3O5. The van der Waals surface area contributed by atoms with E-state index in [0.717, 1.165) is 11.1 Å². The zero-order valence-electron chi connectivity index (χ0n) is 26.4. The van der Waals surface area contributed by atoms with Crippen molar-refractivity contribution in [3.05, 3.63) is 95.2 Å². The Morgan fingerprint density at radius 2 is 1.77 bits per heavy atom. The smallest absolute Gasteiger partial charge is 0.422 e. The molecule has 0 amide bonds. The van der Waals surface area contributed by atoms with Crippen LogP contribution in [0.2, 0.25) is 0 Å². The molecule has 1 aliphatic rings. The predicted octanol–water partition coefficient (Wildman–Crippen LogP) is 6.36. The van der Waals surface area contributed by atoms with Crippen molar-refractivity contribution < 1.29 is 37.3 Å². The molecule has 1 fully saturated rings. The van der Waals surface area contributed by atoms with E-state index in [2.05, 4.69) is 6.07 Å². The molecular weight excluding hydrogens is 611 g/mol. The number of β-amino-alcohol motifs (C(OH)–C–C–N with tert-alkyl or cyclic N) is 1. The second kappa shape index (κ2) is 14.5. The molecule has 0 saturated carbocycles. The van der Waals surface area contributed by atoms with Crippen molar-refractivity contribution in [2.45, 2.75) is 57.0 Å². The van der Waals surface area contributed by atoms with Crippen LogP contribution in [0.5, 0.6) is 11.5 Å². The molecule has 1 saturated heterocycles. The lowest BCUT2D eigenvalue weighted by molar-refractivity contribution is -0.272. The Morgan fingerprint density at radius 1 is 1.02 bits per heavy atom. The lowest BCUT2D eigenvalue weighted by atomic mass is 9.90. The third-order valence-corrected chi connectivity index (χ3v) is 8.55. The number of aliphatic hydroxyl groups is 1. The number of methoxy groups -OCH3 is 1. The van der Waals surface area contributed by atoms with E-state index in [1.165, 1.54) is 25.4 Å². The molecule has 0 aliphatic carbocycles. The average Bonchev–Trinajstić information content (AvgIpc) is 3.42. The van der Waals surface area contributed by atoms with Crippen molar-refractivity contribution >= 4 is 16.9 Å². The quantitative estimate of drug-likeness (QED) is 0.179. The van der Waals surface area contributed by atoms with Crippen molar-refractivity contribution in [3.63, 3.8) is 0 Å². The molecule has 11 heteroatoms. The number of nitrogens with zero attached hydrogens (tertiary/aromatic N) is 3. The number of likely N-dealkylation sites (tertiary alicyclic amines) is 1. The van der Waals surface area contributed by atoms with Gasteiger partial charge in [-0.05, 0) is 61.6 Å². The molecule has 2 heterocycles. The van der Waals surface area contributed by atoms with Gasteiger partial charge in [0.1, 0.15) is 6.10 Å². The Labute approximate surface area is 271 Å². The van der Waals surface area contributed by atoms with E-state index in [9.17, 15) is 28.3 Å². The van der Waals surface area contributed by atoms with Gasteiger partial charge in [0.15, 0.2) is 11.5 Å². The van der Waals surface area contributed by atoms with Gasteiger partial charge in [0.25, 0.3) is 0 Å². The molecule has 0 bridgehead atoms. The van der Waals surface area contributed by atoms with Crippen LogP contribution >= 0.6 is 0 Å². The molecule has 3 aromatic carbocycles. The van der Waals surface area contributed by atoms with Crippen LogP contribution in [0.3, 0.4) is 0 Å². The lowest BCUT2D eigenvalue weighted by Crippen LogP contribution is -2.53. The Hall–Kier alpha value is -4.53. The maximum atomic E-state index is 14.9. The zero-order valence-corrected chi connectivity index (χ0v) is 26.4. The van der Waals surface area contributed by atoms with E-state index in [-0.39, 0.29) is 49.1 Å². The second-order valence-corrected chi connectivity index (χ2v) is 11.7. The van der Waals surface area contributed by atoms with Crippen LogP contribution < -0.4 is 9.47 Å². The molecule has 1 aromatic heterocycles. The third kappa shape index (κ3) is 7.72. The van der Waals surface area contributed by atoms with Crippen molar-refractivity contribution in [1.82, 2.24) is 9.47 Å². The van der Waals surface area contributed by atoms with Gasteiger partial charge in [-0.3, -0.25) is 9.69 Å². The highest BCUT2D eigenvalue weighted by atomic mass is 19.4. The summed E-state index contributed by atoms with van der Waals surface area (Å²) in [6.07, 6.45) is -2.24. The summed E-state index contributed by atoms with van der Waals surface area (Å²) >= 11 is 0. The van der Waals surface area contributed by atoms with Gasteiger partial charge in [0, 0.05) is 49.7 Å². The number of alkyl halides is 3. The molecule has 1 atom stereocenters. The first-order valence-corrected chi connectivity index (χ1v) is 15.6. The molecule has 8 nitrogen and oxygen atoms in total. The molecule has 1 unspecified atom stereocenters. The first-order chi connectivity index (χ1) is 22.5. The van der Waals surface area contributed by atoms with E-state index in [4.69, 9.17) is 14.2 Å². The SMILES string of the molecule is CCOC(=O)CCc1ccc(OC2CCN(CC(O)(c3cn(Cc4ccccc4)c4cc(C#N)ccc34)C(F)(F)F)CC2)c(OC)c1. The minimum Gasteiger partial charge on any atom is -0.493 e. The second-order valence-electron chi connectivity index (χ2n) is 11.7. The van der Waals surface area contributed by atoms with E-state index in [1.54, 1.807) is 34.6 Å². The van der Waals surface area contributed by atoms with Crippen molar-refractivity contribution in [1.29, 1.82) is 5.26 Å². The van der Waals surface area contributed by atoms with Crippen LogP contribution in [0.15, 0.2) is 72.9 Å². The van der Waals surface area contributed by atoms with Gasteiger partial charge in [0.05, 0.1) is 30.9 Å². The number of esters is 1. The molecule has 1 N–H and O–H groups in total. The molecule has 0 radical (unpaired) electrons. The summed E-state index contributed by atoms with van der Waals surface area (Å²) in [6, 6.07) is 21.3. The normalized spacial score (nSPS) is 15.6. The van der Waals surface area contributed by atoms with Gasteiger partial charge in [-0.25, -0.2) is 0 Å². The standard InChI is InChI=1S/C36H38F3N3O5/c1-3-46-34(43)14-11-25-10-13-32(33(20-25)45-2)47-28-15-17-41(18-16-28)24-35(44,36(37,38)39)30-23-42(22-26-7-5-4-6-8-26)31-19-27(21-40)9-12-29(30)31/h4-10,12-13,19-20,23,28,44H,3,11,14-18,22,24H2,1-2H3. The van der Waals surface area contributed by atoms with Crippen LogP contribution in [0.25, 0.3) is 10.9 Å². The summed E-state index contributed by atoms with van der Waals surface area (Å²) < 4.78 is 63.0. The number of nitriles is 1. The highest BCUT2D eigenvalue weighted by Crippen LogP contribution is 2.44. The van der Waals surface area contributed by atoms with Gasteiger partial charge < -0.3 is 23.9 Å². The number of aromatic nitrogens is 1. The van der Waals surface area contributed by atoms with Gasteiger partial charge >= 0.3 is 12.1 Å². The number of aryl methyl sites for hydroxylation is 1. The van der Waals surface area contributed by atoms with Crippen LogP contribution in [0.4, 0.5) is 13.2 Å². The minimum absolute atomic E-state index is 0.244. The molecule has 47 heavy (non-hydrogen) atoms. The van der Waals surface area contributed by atoms with Crippen molar-refractivity contribution in [3.8, 4) is 17.6 Å². The first kappa shape index (κ1) is 33.8. The number of carbonyl (C=O) groups excluding carboxylic acids is 1. The number of hydrogen-bond donors (Lipinski definition) is 1. The summed E-state index contributed by atoms with van der Waals surface area (Å²) in [7, 11) is 1.52. The van der Waals surface area contributed by atoms with Crippen LogP contribution in [0.1, 0.15) is 48.4 Å². The molecule has 248 valence electrons. The summed E-state index contributed by atoms with van der Waals surface area (Å²) in [5, 5.41) is 21.3. The Bertz CT molecular complexity index is 1730. The number of fused-ring (bicyclic) bond motifs is 1. The summed E-state index contributed by atoms with van der Waals surface area (Å²) in [4.78, 5) is 13.3. The molecule has 0 spiro atoms. The Morgan fingerprint density at radius 3 is 2.43 bits per heavy atom. The number of hydrogen-bond acceptors (Lipinski definition) is 7. The topological polar surface area (TPSA) is 97.0 Å². The van der Waals surface area contributed by atoms with Crippen LogP contribution in [-0.4, -0.2) is 66.2 Å². The summed E-state index contributed by atoms with van der Waals surface area (Å²) in [5.41, 5.74) is -0.879. The summed E-state index contributed by atoms with van der Waals surface area (Å²) in [6.45, 7) is 2.28. The van der Waals surface area contributed by atoms with Gasteiger partial charge in [0.2, 0.25) is 5.60 Å².